The van der Waals surface area contributed by atoms with Gasteiger partial charge in [-0.25, -0.2) is 0 Å². The zero-order valence-electron chi connectivity index (χ0n) is 21.0. The summed E-state index contributed by atoms with van der Waals surface area (Å²) < 4.78 is 11.1. The van der Waals surface area contributed by atoms with Gasteiger partial charge in [0.25, 0.3) is 11.8 Å². The number of imide groups is 1. The van der Waals surface area contributed by atoms with Crippen LogP contribution in [-0.4, -0.2) is 72.4 Å². The first-order valence-corrected chi connectivity index (χ1v) is 12.5. The van der Waals surface area contributed by atoms with Crippen LogP contribution in [0, 0.1) is 11.8 Å². The molecular formula is C28H28N4O6. The van der Waals surface area contributed by atoms with Crippen LogP contribution in [0.4, 0.5) is 5.69 Å². The zero-order chi connectivity index (χ0) is 26.8. The van der Waals surface area contributed by atoms with Crippen molar-refractivity contribution in [3.63, 3.8) is 0 Å². The van der Waals surface area contributed by atoms with Crippen LogP contribution in [0.5, 0.6) is 5.75 Å². The fourth-order valence-electron chi connectivity index (χ4n) is 4.98. The third kappa shape index (κ3) is 4.93. The van der Waals surface area contributed by atoms with Gasteiger partial charge in [-0.05, 0) is 42.3 Å². The molecule has 0 bridgehead atoms. The van der Waals surface area contributed by atoms with Crippen LogP contribution in [-0.2, 0) is 20.9 Å². The van der Waals surface area contributed by atoms with Gasteiger partial charge in [0.2, 0.25) is 11.8 Å². The van der Waals surface area contributed by atoms with E-state index >= 15 is 0 Å². The number of nitrogens with one attached hydrogen (secondary N) is 1. The first kappa shape index (κ1) is 25.3. The molecule has 2 fully saturated rings. The Labute approximate surface area is 220 Å². The fraction of sp³-hybridized carbons (Fsp3) is 0.357. The second-order valence-electron chi connectivity index (χ2n) is 9.40. The van der Waals surface area contributed by atoms with Crippen LogP contribution in [0.3, 0.4) is 0 Å². The number of nitrogens with zero attached hydrogens (tertiary/aromatic N) is 2. The number of hydrogen-bond acceptors (Lipinski definition) is 7. The summed E-state index contributed by atoms with van der Waals surface area (Å²) in [6.07, 6.45) is 0.655. The molecule has 2 saturated heterocycles. The summed E-state index contributed by atoms with van der Waals surface area (Å²) in [5.74, 6) is 5.63. The highest BCUT2D eigenvalue weighted by molar-refractivity contribution is 6.05. The van der Waals surface area contributed by atoms with Crippen LogP contribution >= 0.6 is 0 Å². The molecule has 10 heteroatoms. The molecule has 0 radical (unpaired) electrons. The molecule has 2 atom stereocenters. The Morgan fingerprint density at radius 2 is 2.00 bits per heavy atom. The van der Waals surface area contributed by atoms with Gasteiger partial charge in [-0.1, -0.05) is 17.9 Å². The molecule has 3 heterocycles. The van der Waals surface area contributed by atoms with Crippen LogP contribution in [0.2, 0.25) is 0 Å². The second-order valence-corrected chi connectivity index (χ2v) is 9.40. The number of benzene rings is 2. The molecule has 3 aliphatic rings. The molecule has 5 rings (SSSR count). The maximum atomic E-state index is 13.0. The zero-order valence-corrected chi connectivity index (χ0v) is 21.0. The molecule has 0 spiro atoms. The lowest BCUT2D eigenvalue weighted by Crippen LogP contribution is -2.52. The van der Waals surface area contributed by atoms with Crippen molar-refractivity contribution in [3.05, 3.63) is 58.7 Å². The van der Waals surface area contributed by atoms with Crippen molar-refractivity contribution in [2.75, 3.05) is 32.5 Å². The summed E-state index contributed by atoms with van der Waals surface area (Å²) in [5, 5.41) is 2.32. The van der Waals surface area contributed by atoms with Gasteiger partial charge < -0.3 is 25.0 Å². The number of nitrogens with two attached hydrogens (primary N) is 1. The summed E-state index contributed by atoms with van der Waals surface area (Å²) in [5.41, 5.74) is 8.79. The van der Waals surface area contributed by atoms with Crippen LogP contribution < -0.4 is 15.8 Å². The smallest absolute Gasteiger partial charge is 0.255 e. The summed E-state index contributed by atoms with van der Waals surface area (Å²) in [6, 6.07) is 9.63. The average Bonchev–Trinajstić information content (AvgIpc) is 3.08. The molecule has 3 aliphatic heterocycles. The van der Waals surface area contributed by atoms with E-state index in [2.05, 4.69) is 17.2 Å². The van der Waals surface area contributed by atoms with Crippen LogP contribution in [0.25, 0.3) is 0 Å². The molecule has 0 saturated carbocycles. The molecule has 2 aromatic carbocycles. The number of hydrogen-bond donors (Lipinski definition) is 2. The predicted molar refractivity (Wildman–Crippen MR) is 137 cm³/mol. The van der Waals surface area contributed by atoms with E-state index in [-0.39, 0.29) is 36.8 Å². The van der Waals surface area contributed by atoms with Crippen molar-refractivity contribution < 1.29 is 28.7 Å². The van der Waals surface area contributed by atoms with E-state index in [0.29, 0.717) is 60.7 Å². The van der Waals surface area contributed by atoms with Crippen molar-refractivity contribution in [2.45, 2.75) is 38.0 Å². The fourth-order valence-corrected chi connectivity index (χ4v) is 4.98. The Kier molecular flexibility index (Phi) is 7.03. The number of nitrogen functional groups attached to an aromatic ring is 1. The number of carbonyl (C=O) groups is 4. The predicted octanol–water partition coefficient (Wildman–Crippen LogP) is 1.32. The number of anilines is 1. The number of ether oxygens (including phenoxy) is 2. The third-order valence-electron chi connectivity index (χ3n) is 7.06. The number of amides is 4. The van der Waals surface area contributed by atoms with Gasteiger partial charge in [0.1, 0.15) is 17.9 Å². The molecule has 3 N–H and O–H groups in total. The lowest BCUT2D eigenvalue weighted by molar-refractivity contribution is -0.136. The number of methoxy groups -OCH3 is 1. The molecule has 38 heavy (non-hydrogen) atoms. The summed E-state index contributed by atoms with van der Waals surface area (Å²) >= 11 is 0. The second kappa shape index (κ2) is 10.6. The topological polar surface area (TPSA) is 131 Å². The molecule has 196 valence electrons. The Morgan fingerprint density at radius 3 is 2.79 bits per heavy atom. The van der Waals surface area contributed by atoms with E-state index in [9.17, 15) is 19.2 Å². The van der Waals surface area contributed by atoms with E-state index in [1.807, 2.05) is 6.07 Å². The number of fused-ring (bicyclic) bond motifs is 1. The summed E-state index contributed by atoms with van der Waals surface area (Å²) in [6.45, 7) is 1.50. The van der Waals surface area contributed by atoms with E-state index in [4.69, 9.17) is 15.2 Å². The van der Waals surface area contributed by atoms with Gasteiger partial charge in [-0.3, -0.25) is 24.5 Å². The minimum absolute atomic E-state index is 0.131. The number of rotatable bonds is 3. The Morgan fingerprint density at radius 1 is 1.16 bits per heavy atom. The first-order valence-electron chi connectivity index (χ1n) is 12.5. The average molecular weight is 517 g/mol. The van der Waals surface area contributed by atoms with Gasteiger partial charge in [0, 0.05) is 49.2 Å². The minimum Gasteiger partial charge on any atom is -0.495 e. The van der Waals surface area contributed by atoms with Gasteiger partial charge in [0.05, 0.1) is 19.4 Å². The molecule has 1 unspecified atom stereocenters. The molecule has 4 amide bonds. The van der Waals surface area contributed by atoms with Gasteiger partial charge in [0.15, 0.2) is 0 Å². The van der Waals surface area contributed by atoms with Gasteiger partial charge in [-0.2, -0.15) is 0 Å². The highest BCUT2D eigenvalue weighted by Crippen LogP contribution is 2.29. The van der Waals surface area contributed by atoms with E-state index in [1.54, 1.807) is 35.2 Å². The van der Waals surface area contributed by atoms with Crippen molar-refractivity contribution >= 4 is 29.3 Å². The van der Waals surface area contributed by atoms with Crippen molar-refractivity contribution in [3.8, 4) is 17.6 Å². The lowest BCUT2D eigenvalue weighted by Gasteiger charge is -2.29. The highest BCUT2D eigenvalue weighted by atomic mass is 16.5. The molecule has 0 aliphatic carbocycles. The van der Waals surface area contributed by atoms with E-state index < -0.39 is 11.9 Å². The van der Waals surface area contributed by atoms with Crippen LogP contribution in [0.1, 0.15) is 51.1 Å². The number of carbonyl (C=O) groups excluding carboxylic acids is 4. The molecule has 2 aromatic rings. The number of piperidine rings is 1. The summed E-state index contributed by atoms with van der Waals surface area (Å²) in [4.78, 5) is 53.2. The maximum Gasteiger partial charge on any atom is 0.255 e. The van der Waals surface area contributed by atoms with Crippen LogP contribution in [0.15, 0.2) is 36.4 Å². The molecular weight excluding hydrogens is 488 g/mol. The standard InChI is InChI=1S/C28H28N4O6/c1-37-24-15-18(6-8-22(24)29)27(35)31-12-11-19(38-14-13-31)7-5-17-3-2-4-20-21(17)16-32(28(20)36)23-9-10-25(33)30-26(23)34/h2-4,6,8,15,19,23H,9-14,16,29H2,1H3,(H,30,33,34)/t19-,23?/m0/s1. The van der Waals surface area contributed by atoms with Crippen molar-refractivity contribution in [1.29, 1.82) is 0 Å². The Balaban J connectivity index is 1.27. The van der Waals surface area contributed by atoms with E-state index in [0.717, 1.165) is 5.56 Å². The molecule has 10 nitrogen and oxygen atoms in total. The van der Waals surface area contributed by atoms with Crippen molar-refractivity contribution in [1.82, 2.24) is 15.1 Å². The largest absolute Gasteiger partial charge is 0.495 e. The summed E-state index contributed by atoms with van der Waals surface area (Å²) in [7, 11) is 1.51. The SMILES string of the molecule is COc1cc(C(=O)N2CCO[C@@H](C#Cc3cccc4c3CN(C3CCC(=O)NC3=O)C4=O)CC2)ccc1N. The Bertz CT molecular complexity index is 1380. The third-order valence-corrected chi connectivity index (χ3v) is 7.06. The van der Waals surface area contributed by atoms with Gasteiger partial charge in [-0.15, -0.1) is 0 Å². The highest BCUT2D eigenvalue weighted by Gasteiger charge is 2.39. The van der Waals surface area contributed by atoms with Crippen molar-refractivity contribution in [2.24, 2.45) is 0 Å². The normalized spacial score (nSPS) is 21.2. The monoisotopic (exact) mass is 516 g/mol. The lowest BCUT2D eigenvalue weighted by atomic mass is 10.0. The Hall–Kier alpha value is -4.36. The van der Waals surface area contributed by atoms with Gasteiger partial charge >= 0.3 is 0 Å². The minimum atomic E-state index is -0.678. The molecule has 0 aromatic heterocycles. The quantitative estimate of drug-likeness (QED) is 0.357. The first-order chi connectivity index (χ1) is 18.4. The maximum absolute atomic E-state index is 13.0. The van der Waals surface area contributed by atoms with E-state index in [1.165, 1.54) is 12.0 Å².